The highest BCUT2D eigenvalue weighted by atomic mass is 32.2. The van der Waals surface area contributed by atoms with Crippen LogP contribution in [0.4, 0.5) is 0 Å². The van der Waals surface area contributed by atoms with Gasteiger partial charge in [-0.25, -0.2) is 8.96 Å². The molecule has 0 unspecified atom stereocenters. The summed E-state index contributed by atoms with van der Waals surface area (Å²) in [6, 6.07) is 6.84. The van der Waals surface area contributed by atoms with Crippen molar-refractivity contribution in [2.75, 3.05) is 0 Å². The Morgan fingerprint density at radius 3 is 2.00 bits per heavy atom. The second kappa shape index (κ2) is 8.13. The number of benzene rings is 3. The van der Waals surface area contributed by atoms with Crippen molar-refractivity contribution in [3.63, 3.8) is 0 Å². The second-order valence-corrected chi connectivity index (χ2v) is 13.7. The van der Waals surface area contributed by atoms with Gasteiger partial charge in [0.2, 0.25) is 0 Å². The first-order valence-electron chi connectivity index (χ1n) is 10.1. The molecule has 0 fully saturated rings. The van der Waals surface area contributed by atoms with E-state index >= 15 is 0 Å². The van der Waals surface area contributed by atoms with E-state index in [0.717, 1.165) is 18.2 Å². The first-order valence-corrected chi connectivity index (χ1v) is 15.8. The zero-order valence-corrected chi connectivity index (χ0v) is 21.7. The fourth-order valence-electron chi connectivity index (χ4n) is 4.54. The number of nitrogens with zero attached hydrogens (tertiary/aromatic N) is 2. The summed E-state index contributed by atoms with van der Waals surface area (Å²) >= 11 is 0. The Morgan fingerprint density at radius 1 is 0.763 bits per heavy atom. The van der Waals surface area contributed by atoms with E-state index in [2.05, 4.69) is 4.98 Å². The molecule has 1 aliphatic carbocycles. The highest BCUT2D eigenvalue weighted by molar-refractivity contribution is 7.95. The lowest BCUT2D eigenvalue weighted by molar-refractivity contribution is 0.472. The van der Waals surface area contributed by atoms with Crippen LogP contribution in [0.15, 0.2) is 58.6 Å². The summed E-state index contributed by atoms with van der Waals surface area (Å²) in [6.45, 7) is 0. The normalized spacial score (nSPS) is 14.7. The minimum Gasteiger partial charge on any atom is -0.282 e. The minimum atomic E-state index is -5.32. The maximum Gasteiger partial charge on any atom is 0.365 e. The van der Waals surface area contributed by atoms with Crippen LogP contribution in [0.2, 0.25) is 0 Å². The van der Waals surface area contributed by atoms with Gasteiger partial charge in [-0.1, -0.05) is 24.3 Å². The third-order valence-corrected chi connectivity index (χ3v) is 9.42. The predicted molar refractivity (Wildman–Crippen MR) is 132 cm³/mol. The lowest BCUT2D eigenvalue weighted by Crippen LogP contribution is -2.13. The Bertz CT molecular complexity index is 2200. The molecule has 5 rings (SSSR count). The zero-order chi connectivity index (χ0) is 28.0. The van der Waals surface area contributed by atoms with Gasteiger partial charge < -0.3 is 0 Å². The van der Waals surface area contributed by atoms with Crippen molar-refractivity contribution in [1.29, 1.82) is 0 Å². The Kier molecular flexibility index (Phi) is 5.65. The van der Waals surface area contributed by atoms with Crippen LogP contribution in [0.1, 0.15) is 11.1 Å². The molecule has 0 spiro atoms. The quantitative estimate of drug-likeness (QED) is 0.239. The van der Waals surface area contributed by atoms with Gasteiger partial charge in [0.1, 0.15) is 16.1 Å². The highest BCUT2D eigenvalue weighted by Crippen LogP contribution is 2.47. The second-order valence-electron chi connectivity index (χ2n) is 8.19. The van der Waals surface area contributed by atoms with Gasteiger partial charge in [-0.05, 0) is 41.0 Å². The first kappa shape index (κ1) is 26.4. The van der Waals surface area contributed by atoms with E-state index in [1.54, 1.807) is 6.07 Å². The van der Waals surface area contributed by atoms with Crippen LogP contribution in [0.5, 0.6) is 0 Å². The molecule has 38 heavy (non-hydrogen) atoms. The summed E-state index contributed by atoms with van der Waals surface area (Å²) in [5.41, 5.74) is -2.34. The van der Waals surface area contributed by atoms with Gasteiger partial charge in [0, 0.05) is 16.7 Å². The number of imidazole rings is 1. The molecule has 0 aliphatic heterocycles. The van der Waals surface area contributed by atoms with Crippen LogP contribution in [0.25, 0.3) is 37.8 Å². The highest BCUT2D eigenvalue weighted by Gasteiger charge is 2.34. The third kappa shape index (κ3) is 4.20. The fraction of sp³-hybridized carbons (Fsp3) is 0.0500. The molecule has 1 aromatic heterocycles. The van der Waals surface area contributed by atoms with Crippen LogP contribution in [-0.4, -0.2) is 60.8 Å². The largest absolute Gasteiger partial charge is 0.365 e. The maximum absolute atomic E-state index is 12.5. The van der Waals surface area contributed by atoms with Crippen molar-refractivity contribution < 1.29 is 51.9 Å². The molecule has 1 heterocycles. The van der Waals surface area contributed by atoms with E-state index in [4.69, 9.17) is 0 Å². The average molecular weight is 603 g/mol. The van der Waals surface area contributed by atoms with E-state index in [1.165, 1.54) is 12.1 Å². The predicted octanol–water partition coefficient (Wildman–Crippen LogP) is 1.79. The van der Waals surface area contributed by atoms with Crippen LogP contribution >= 0.6 is 0 Å². The van der Waals surface area contributed by atoms with E-state index in [0.29, 0.717) is 18.0 Å². The van der Waals surface area contributed by atoms with Crippen LogP contribution in [0.3, 0.4) is 0 Å². The van der Waals surface area contributed by atoms with Gasteiger partial charge in [-0.3, -0.25) is 18.2 Å². The van der Waals surface area contributed by atoms with Crippen molar-refractivity contribution in [3.8, 4) is 11.1 Å². The van der Waals surface area contributed by atoms with Crippen LogP contribution in [0, 0.1) is 0 Å². The molecule has 14 nitrogen and oxygen atoms in total. The SMILES string of the molecule is O=S(=O)(O)C1=CCc2cccc3cc(S(=O)(=O)O)c(-c4cc5ncn(S(=O)(=O)O)c5cc4S(=O)(=O)O)c1c23. The van der Waals surface area contributed by atoms with E-state index in [1.807, 2.05) is 0 Å². The Balaban J connectivity index is 2.10. The van der Waals surface area contributed by atoms with Gasteiger partial charge in [0.05, 0.1) is 15.9 Å². The molecule has 0 radical (unpaired) electrons. The van der Waals surface area contributed by atoms with Gasteiger partial charge in [-0.2, -0.15) is 33.7 Å². The van der Waals surface area contributed by atoms with Crippen molar-refractivity contribution >= 4 is 67.4 Å². The van der Waals surface area contributed by atoms with Crippen molar-refractivity contribution in [1.82, 2.24) is 8.96 Å². The first-order chi connectivity index (χ1) is 17.4. The molecular weight excluding hydrogens is 588 g/mol. The van der Waals surface area contributed by atoms with E-state index < -0.39 is 77.6 Å². The van der Waals surface area contributed by atoms with Crippen molar-refractivity contribution in [3.05, 3.63) is 59.9 Å². The molecule has 0 saturated heterocycles. The Labute approximate surface area is 215 Å². The molecule has 200 valence electrons. The molecule has 1 aliphatic rings. The third-order valence-electron chi connectivity index (χ3n) is 5.94. The molecule has 3 aromatic carbocycles. The van der Waals surface area contributed by atoms with Gasteiger partial charge in [0.15, 0.2) is 0 Å². The molecule has 18 heteroatoms. The number of hydrogen-bond donors (Lipinski definition) is 4. The molecule has 4 aromatic rings. The summed E-state index contributed by atoms with van der Waals surface area (Å²) in [6.07, 6.45) is 1.64. The fourth-order valence-corrected chi connectivity index (χ4v) is 7.30. The van der Waals surface area contributed by atoms with Gasteiger partial charge in [0.25, 0.3) is 30.4 Å². The summed E-state index contributed by atoms with van der Waals surface area (Å²) in [5.74, 6) is 0. The van der Waals surface area contributed by atoms with E-state index in [-0.39, 0.29) is 26.7 Å². The monoisotopic (exact) mass is 602 g/mol. The minimum absolute atomic E-state index is 0.0208. The van der Waals surface area contributed by atoms with E-state index in [9.17, 15) is 51.9 Å². The summed E-state index contributed by atoms with van der Waals surface area (Å²) in [7, 11) is -20.6. The van der Waals surface area contributed by atoms with Gasteiger partial charge in [-0.15, -0.1) is 0 Å². The maximum atomic E-state index is 12.5. The molecular formula is C20H14N2O12S4. The number of fused-ring (bicyclic) bond motifs is 1. The summed E-state index contributed by atoms with van der Waals surface area (Å²) < 4.78 is 138. The Hall–Kier alpha value is -3.23. The molecule has 0 atom stereocenters. The van der Waals surface area contributed by atoms with Crippen LogP contribution < -0.4 is 0 Å². The topological polar surface area (TPSA) is 235 Å². The Morgan fingerprint density at radius 2 is 1.42 bits per heavy atom. The van der Waals surface area contributed by atoms with Crippen molar-refractivity contribution in [2.24, 2.45) is 0 Å². The average Bonchev–Trinajstić information content (AvgIpc) is 3.20. The number of hydrogen-bond acceptors (Lipinski definition) is 9. The molecule has 4 N–H and O–H groups in total. The molecule has 0 bridgehead atoms. The zero-order valence-electron chi connectivity index (χ0n) is 18.4. The summed E-state index contributed by atoms with van der Waals surface area (Å²) in [5, 5.41) is 0.225. The smallest absolute Gasteiger partial charge is 0.282 e. The number of allylic oxidation sites excluding steroid dienone is 1. The molecule has 0 saturated carbocycles. The molecule has 0 amide bonds. The number of rotatable bonds is 5. The summed E-state index contributed by atoms with van der Waals surface area (Å²) in [4.78, 5) is 0.861. The standard InChI is InChI=1S/C20H14N2O12S4/c23-35(24,25)15-5-4-10-2-1-3-11-6-17(37(29,30)31)19(20(15)18(10)11)12-7-13-14(8-16(12)36(26,27)28)22(9-21-13)38(32,33)34/h1-3,5-9H,4H2,(H,23,24,25)(H,26,27,28)(H,29,30,31)(H,32,33,34). The van der Waals surface area contributed by atoms with Crippen LogP contribution in [-0.2, 0) is 47.1 Å². The lowest BCUT2D eigenvalue weighted by Gasteiger charge is -2.23. The van der Waals surface area contributed by atoms with Crippen molar-refractivity contribution in [2.45, 2.75) is 16.2 Å². The lowest BCUT2D eigenvalue weighted by atomic mass is 9.87. The number of aromatic nitrogens is 2. The van der Waals surface area contributed by atoms with Gasteiger partial charge >= 0.3 is 10.3 Å².